The van der Waals surface area contributed by atoms with E-state index in [4.69, 9.17) is 32.8 Å². The minimum atomic E-state index is -0.436. The summed E-state index contributed by atoms with van der Waals surface area (Å²) < 4.78 is 5.42. The van der Waals surface area contributed by atoms with Crippen LogP contribution in [0, 0.1) is 0 Å². The van der Waals surface area contributed by atoms with Crippen molar-refractivity contribution in [2.75, 3.05) is 43.7 Å². The van der Waals surface area contributed by atoms with Crippen molar-refractivity contribution in [3.63, 3.8) is 0 Å². The molecule has 3 aromatic rings. The fourth-order valence-electron chi connectivity index (χ4n) is 3.50. The topological polar surface area (TPSA) is 54.0 Å². The van der Waals surface area contributed by atoms with Gasteiger partial charge in [-0.2, -0.15) is 0 Å². The van der Waals surface area contributed by atoms with Crippen LogP contribution >= 0.6 is 23.2 Å². The molecule has 0 unspecified atom stereocenters. The lowest BCUT2D eigenvalue weighted by Crippen LogP contribution is -2.49. The van der Waals surface area contributed by atoms with Crippen LogP contribution in [0.2, 0.25) is 10.0 Å². The number of carbonyl (C=O) groups is 1. The number of carbonyl (C=O) groups excluding carboxylic acids is 1. The Hall–Kier alpha value is -2.83. The number of rotatable bonds is 4. The first-order valence-corrected chi connectivity index (χ1v) is 10.3. The van der Waals surface area contributed by atoms with E-state index >= 15 is 0 Å². The molecule has 0 atom stereocenters. The number of benzene rings is 3. The second-order valence-corrected chi connectivity index (χ2v) is 7.84. The lowest BCUT2D eigenvalue weighted by molar-refractivity contribution is 0.120. The van der Waals surface area contributed by atoms with Crippen LogP contribution in [-0.4, -0.2) is 44.3 Å². The summed E-state index contributed by atoms with van der Waals surface area (Å²) in [5.41, 5.74) is 4.28. The van der Waals surface area contributed by atoms with Crippen LogP contribution in [-0.2, 0) is 4.84 Å². The van der Waals surface area contributed by atoms with Gasteiger partial charge >= 0.3 is 6.09 Å². The molecular weight excluding hydrogens is 425 g/mol. The van der Waals surface area contributed by atoms with Gasteiger partial charge in [0.15, 0.2) is 0 Å². The van der Waals surface area contributed by atoms with Gasteiger partial charge in [-0.25, -0.2) is 10.3 Å². The van der Waals surface area contributed by atoms with Crippen molar-refractivity contribution in [3.8, 4) is 5.75 Å². The quantitative estimate of drug-likeness (QED) is 0.541. The summed E-state index contributed by atoms with van der Waals surface area (Å²) in [5, 5.41) is 3.25. The number of fused-ring (bicyclic) bond motifs is 1. The van der Waals surface area contributed by atoms with Gasteiger partial charge < -0.3 is 19.4 Å². The van der Waals surface area contributed by atoms with Crippen molar-refractivity contribution in [1.29, 1.82) is 0 Å². The molecule has 1 amide bonds. The zero-order chi connectivity index (χ0) is 21.1. The Labute approximate surface area is 184 Å². The Morgan fingerprint density at radius 2 is 1.57 bits per heavy atom. The summed E-state index contributed by atoms with van der Waals surface area (Å²) in [6.07, 6.45) is -0.436. The molecule has 30 heavy (non-hydrogen) atoms. The number of methoxy groups -OCH3 is 1. The number of nitrogens with one attached hydrogen (secondary N) is 1. The third kappa shape index (κ3) is 4.50. The van der Waals surface area contributed by atoms with E-state index in [1.165, 1.54) is 0 Å². The fourth-order valence-corrected chi connectivity index (χ4v) is 4.01. The lowest BCUT2D eigenvalue weighted by Gasteiger charge is -2.35. The molecule has 1 fully saturated rings. The molecule has 156 valence electrons. The summed E-state index contributed by atoms with van der Waals surface area (Å²) in [7, 11) is 1.58. The van der Waals surface area contributed by atoms with Crippen molar-refractivity contribution in [1.82, 2.24) is 4.90 Å². The summed E-state index contributed by atoms with van der Waals surface area (Å²) in [5.74, 6) is 0.601. The highest BCUT2D eigenvalue weighted by Crippen LogP contribution is 2.30. The monoisotopic (exact) mass is 445 g/mol. The first-order valence-electron chi connectivity index (χ1n) is 9.53. The number of halogens is 2. The van der Waals surface area contributed by atoms with Crippen LogP contribution in [0.3, 0.4) is 0 Å². The molecule has 1 saturated heterocycles. The number of hydrogen-bond donors (Lipinski definition) is 1. The molecule has 8 heteroatoms. The lowest BCUT2D eigenvalue weighted by atomic mass is 10.1. The van der Waals surface area contributed by atoms with Gasteiger partial charge in [0.25, 0.3) is 0 Å². The highest BCUT2D eigenvalue weighted by Gasteiger charge is 2.23. The average molecular weight is 446 g/mol. The highest BCUT2D eigenvalue weighted by molar-refractivity contribution is 6.35. The number of piperazine rings is 1. The molecule has 1 aliphatic heterocycles. The third-order valence-corrected chi connectivity index (χ3v) is 5.50. The zero-order valence-corrected chi connectivity index (χ0v) is 17.9. The van der Waals surface area contributed by atoms with Crippen LogP contribution in [0.1, 0.15) is 0 Å². The smallest absolute Gasteiger partial charge is 0.434 e. The Morgan fingerprint density at radius 3 is 2.20 bits per heavy atom. The fraction of sp³-hybridized carbons (Fsp3) is 0.227. The Kier molecular flexibility index (Phi) is 6.06. The largest absolute Gasteiger partial charge is 0.494 e. The Morgan fingerprint density at radius 1 is 0.933 bits per heavy atom. The second-order valence-electron chi connectivity index (χ2n) is 6.97. The maximum atomic E-state index is 12.5. The molecule has 4 rings (SSSR count). The predicted octanol–water partition coefficient (Wildman–Crippen LogP) is 5.44. The molecule has 1 aliphatic rings. The van der Waals surface area contributed by atoms with Crippen LogP contribution < -0.4 is 15.1 Å². The molecule has 3 aromatic carbocycles. The molecule has 0 aliphatic carbocycles. The van der Waals surface area contributed by atoms with E-state index < -0.39 is 6.09 Å². The number of ether oxygens (including phenoxy) is 1. The van der Waals surface area contributed by atoms with Crippen LogP contribution in [0.25, 0.3) is 10.8 Å². The van der Waals surface area contributed by atoms with Crippen molar-refractivity contribution >= 4 is 51.4 Å². The average Bonchev–Trinajstić information content (AvgIpc) is 2.76. The van der Waals surface area contributed by atoms with Crippen LogP contribution in [0.4, 0.5) is 16.2 Å². The minimum absolute atomic E-state index is 0.436. The summed E-state index contributed by atoms with van der Waals surface area (Å²) in [4.78, 5) is 21.7. The first kappa shape index (κ1) is 20.4. The minimum Gasteiger partial charge on any atom is -0.494 e. The molecular formula is C22H21Cl2N3O3. The molecule has 0 radical (unpaired) electrons. The van der Waals surface area contributed by atoms with Gasteiger partial charge in [-0.1, -0.05) is 47.5 Å². The number of nitrogens with zero attached hydrogens (tertiary/aromatic N) is 2. The molecule has 6 nitrogen and oxygen atoms in total. The third-order valence-electron chi connectivity index (χ3n) is 5.07. The molecule has 0 spiro atoms. The van der Waals surface area contributed by atoms with Crippen molar-refractivity contribution in [2.45, 2.75) is 0 Å². The summed E-state index contributed by atoms with van der Waals surface area (Å²) in [6, 6.07) is 17.1. The van der Waals surface area contributed by atoms with E-state index in [-0.39, 0.29) is 0 Å². The van der Waals surface area contributed by atoms with Gasteiger partial charge in [-0.3, -0.25) is 0 Å². The summed E-state index contributed by atoms with van der Waals surface area (Å²) >= 11 is 12.2. The van der Waals surface area contributed by atoms with Crippen molar-refractivity contribution < 1.29 is 14.4 Å². The van der Waals surface area contributed by atoms with E-state index in [2.05, 4.69) is 10.4 Å². The van der Waals surface area contributed by atoms with Gasteiger partial charge in [0, 0.05) is 41.9 Å². The van der Waals surface area contributed by atoms with Crippen molar-refractivity contribution in [3.05, 3.63) is 64.6 Å². The molecule has 1 N–H and O–H groups in total. The molecule has 0 bridgehead atoms. The zero-order valence-electron chi connectivity index (χ0n) is 16.4. The standard InChI is InChI=1S/C22H21Cl2N3O3/c1-29-21-11-16-5-3-2-4-15(16)10-20(21)25-30-22(28)27-8-6-26(7-9-27)19-13-17(23)12-18(24)14-19/h2-5,10-14,25H,6-9H2,1H3. The van der Waals surface area contributed by atoms with Gasteiger partial charge in [0.05, 0.1) is 7.11 Å². The maximum Gasteiger partial charge on any atom is 0.434 e. The molecule has 0 saturated carbocycles. The highest BCUT2D eigenvalue weighted by atomic mass is 35.5. The molecule has 1 heterocycles. The Bertz CT molecular complexity index is 1050. The van der Waals surface area contributed by atoms with Crippen LogP contribution in [0.15, 0.2) is 54.6 Å². The number of anilines is 2. The summed E-state index contributed by atoms with van der Waals surface area (Å²) in [6.45, 7) is 2.37. The maximum absolute atomic E-state index is 12.5. The number of hydrogen-bond acceptors (Lipinski definition) is 5. The van der Waals surface area contributed by atoms with Crippen molar-refractivity contribution in [2.24, 2.45) is 0 Å². The van der Waals surface area contributed by atoms with E-state index in [1.807, 2.05) is 48.5 Å². The Balaban J connectivity index is 1.37. The SMILES string of the molecule is COc1cc2ccccc2cc1NOC(=O)N1CCN(c2cc(Cl)cc(Cl)c2)CC1. The van der Waals surface area contributed by atoms with E-state index in [0.29, 0.717) is 47.7 Å². The van der Waals surface area contributed by atoms with Crippen LogP contribution in [0.5, 0.6) is 5.75 Å². The molecule has 0 aromatic heterocycles. The normalized spacial score (nSPS) is 14.0. The van der Waals surface area contributed by atoms with E-state index in [9.17, 15) is 4.79 Å². The first-order chi connectivity index (χ1) is 14.5. The van der Waals surface area contributed by atoms with Gasteiger partial charge in [-0.05, 0) is 41.1 Å². The second kappa shape index (κ2) is 8.90. The predicted molar refractivity (Wildman–Crippen MR) is 121 cm³/mol. The van der Waals surface area contributed by atoms with Gasteiger partial charge in [-0.15, -0.1) is 0 Å². The van der Waals surface area contributed by atoms with E-state index in [0.717, 1.165) is 16.5 Å². The number of amides is 1. The van der Waals surface area contributed by atoms with Gasteiger partial charge in [0.1, 0.15) is 11.4 Å². The van der Waals surface area contributed by atoms with Gasteiger partial charge in [0.2, 0.25) is 0 Å². The van der Waals surface area contributed by atoms with E-state index in [1.54, 1.807) is 18.1 Å².